The van der Waals surface area contributed by atoms with Crippen molar-refractivity contribution in [3.8, 4) is 0 Å². The molecule has 1 rings (SSSR count). The highest BCUT2D eigenvalue weighted by Gasteiger charge is 2.24. The van der Waals surface area contributed by atoms with Gasteiger partial charge in [0.25, 0.3) is 0 Å². The van der Waals surface area contributed by atoms with Crippen molar-refractivity contribution in [3.63, 3.8) is 0 Å². The number of nitrogens with one attached hydrogen (secondary N) is 1. The normalized spacial score (nSPS) is 34.0. The van der Waals surface area contributed by atoms with Gasteiger partial charge < -0.3 is 10.4 Å². The molecule has 2 N–H and O–H groups in total. The number of aliphatic hydroxyl groups excluding tert-OH is 1. The monoisotopic (exact) mass is 213 g/mol. The molecule has 15 heavy (non-hydrogen) atoms. The molecule has 1 aliphatic rings. The minimum Gasteiger partial charge on any atom is -0.393 e. The second-order valence-corrected chi connectivity index (χ2v) is 5.31. The van der Waals surface area contributed by atoms with Crippen LogP contribution in [0.25, 0.3) is 0 Å². The number of hydrogen-bond acceptors (Lipinski definition) is 2. The predicted molar refractivity (Wildman–Crippen MR) is 64.9 cm³/mol. The van der Waals surface area contributed by atoms with Gasteiger partial charge in [0.2, 0.25) is 0 Å². The molecule has 1 saturated carbocycles. The van der Waals surface area contributed by atoms with Crippen LogP contribution in [0.3, 0.4) is 0 Å². The minimum absolute atomic E-state index is 0.115. The van der Waals surface area contributed by atoms with Crippen LogP contribution in [0.2, 0.25) is 0 Å². The van der Waals surface area contributed by atoms with E-state index in [0.29, 0.717) is 6.04 Å². The van der Waals surface area contributed by atoms with E-state index >= 15 is 0 Å². The highest BCUT2D eigenvalue weighted by atomic mass is 16.3. The van der Waals surface area contributed by atoms with Crippen LogP contribution in [0.1, 0.15) is 52.9 Å². The van der Waals surface area contributed by atoms with E-state index in [0.717, 1.165) is 31.2 Å². The van der Waals surface area contributed by atoms with Gasteiger partial charge in [0.05, 0.1) is 6.10 Å². The van der Waals surface area contributed by atoms with Crippen LogP contribution in [-0.2, 0) is 0 Å². The molecule has 0 saturated heterocycles. The topological polar surface area (TPSA) is 32.3 Å². The van der Waals surface area contributed by atoms with Crippen molar-refractivity contribution in [2.24, 2.45) is 11.8 Å². The predicted octanol–water partition coefficient (Wildman–Crippen LogP) is 2.56. The zero-order chi connectivity index (χ0) is 11.3. The molecule has 0 spiro atoms. The maximum absolute atomic E-state index is 9.46. The molecule has 0 aromatic heterocycles. The van der Waals surface area contributed by atoms with Gasteiger partial charge >= 0.3 is 0 Å². The van der Waals surface area contributed by atoms with Crippen molar-refractivity contribution in [2.75, 3.05) is 6.54 Å². The van der Waals surface area contributed by atoms with Crippen molar-refractivity contribution in [3.05, 3.63) is 0 Å². The minimum atomic E-state index is -0.115. The standard InChI is InChI=1S/C13H27NO/c1-4-12(15)7-8-14-13-6-5-10(2)9-11(13)3/h10-15H,4-9H2,1-3H3. The summed E-state index contributed by atoms with van der Waals surface area (Å²) in [5.41, 5.74) is 0. The van der Waals surface area contributed by atoms with Crippen LogP contribution in [-0.4, -0.2) is 23.8 Å². The lowest BCUT2D eigenvalue weighted by Crippen LogP contribution is -2.40. The molecule has 0 aromatic rings. The van der Waals surface area contributed by atoms with Crippen molar-refractivity contribution in [2.45, 2.75) is 65.0 Å². The molecule has 1 aliphatic carbocycles. The second-order valence-electron chi connectivity index (χ2n) is 5.31. The lowest BCUT2D eigenvalue weighted by Gasteiger charge is -2.33. The molecule has 1 fully saturated rings. The average Bonchev–Trinajstić information content (AvgIpc) is 2.21. The van der Waals surface area contributed by atoms with Crippen LogP contribution in [0, 0.1) is 11.8 Å². The maximum atomic E-state index is 9.46. The summed E-state index contributed by atoms with van der Waals surface area (Å²) in [5, 5.41) is 13.1. The fourth-order valence-corrected chi connectivity index (χ4v) is 2.61. The Balaban J connectivity index is 2.15. The first kappa shape index (κ1) is 13.0. The Bertz CT molecular complexity index is 172. The summed E-state index contributed by atoms with van der Waals surface area (Å²) in [6.07, 6.45) is 5.68. The zero-order valence-corrected chi connectivity index (χ0v) is 10.5. The molecule has 0 heterocycles. The molecule has 90 valence electrons. The van der Waals surface area contributed by atoms with Crippen molar-refractivity contribution >= 4 is 0 Å². The van der Waals surface area contributed by atoms with E-state index in [1.807, 2.05) is 6.92 Å². The van der Waals surface area contributed by atoms with Gasteiger partial charge in [0.15, 0.2) is 0 Å². The first-order valence-corrected chi connectivity index (χ1v) is 6.55. The molecule has 4 atom stereocenters. The first-order chi connectivity index (χ1) is 7.13. The van der Waals surface area contributed by atoms with Gasteiger partial charge in [-0.05, 0) is 50.5 Å². The largest absolute Gasteiger partial charge is 0.393 e. The summed E-state index contributed by atoms with van der Waals surface area (Å²) in [5.74, 6) is 1.70. The lowest BCUT2D eigenvalue weighted by atomic mass is 9.80. The molecular weight excluding hydrogens is 186 g/mol. The van der Waals surface area contributed by atoms with E-state index in [1.165, 1.54) is 19.3 Å². The molecule has 2 nitrogen and oxygen atoms in total. The Labute approximate surface area is 94.5 Å². The molecule has 0 aliphatic heterocycles. The third kappa shape index (κ3) is 4.52. The fraction of sp³-hybridized carbons (Fsp3) is 1.00. The van der Waals surface area contributed by atoms with Crippen LogP contribution in [0.4, 0.5) is 0 Å². The highest BCUT2D eigenvalue weighted by molar-refractivity contribution is 4.81. The van der Waals surface area contributed by atoms with Crippen molar-refractivity contribution in [1.82, 2.24) is 5.32 Å². The molecular formula is C13H27NO. The van der Waals surface area contributed by atoms with Crippen molar-refractivity contribution < 1.29 is 5.11 Å². The Hall–Kier alpha value is -0.0800. The Kier molecular flexibility index (Phi) is 5.62. The van der Waals surface area contributed by atoms with E-state index in [1.54, 1.807) is 0 Å². The molecule has 0 aromatic carbocycles. The maximum Gasteiger partial charge on any atom is 0.0549 e. The smallest absolute Gasteiger partial charge is 0.0549 e. The van der Waals surface area contributed by atoms with Gasteiger partial charge in [-0.1, -0.05) is 20.8 Å². The average molecular weight is 213 g/mol. The summed E-state index contributed by atoms with van der Waals surface area (Å²) >= 11 is 0. The quantitative estimate of drug-likeness (QED) is 0.735. The van der Waals surface area contributed by atoms with Gasteiger partial charge in [-0.2, -0.15) is 0 Å². The van der Waals surface area contributed by atoms with Gasteiger partial charge in [-0.25, -0.2) is 0 Å². The summed E-state index contributed by atoms with van der Waals surface area (Å²) in [6, 6.07) is 0.685. The molecule has 2 heteroatoms. The summed E-state index contributed by atoms with van der Waals surface area (Å²) in [7, 11) is 0. The van der Waals surface area contributed by atoms with E-state index in [-0.39, 0.29) is 6.10 Å². The number of hydrogen-bond donors (Lipinski definition) is 2. The third-order valence-corrected chi connectivity index (χ3v) is 3.79. The Morgan fingerprint density at radius 2 is 2.07 bits per heavy atom. The van der Waals surface area contributed by atoms with Crippen molar-refractivity contribution in [1.29, 1.82) is 0 Å². The fourth-order valence-electron chi connectivity index (χ4n) is 2.61. The molecule has 0 amide bonds. The van der Waals surface area contributed by atoms with Crippen LogP contribution in [0.5, 0.6) is 0 Å². The van der Waals surface area contributed by atoms with E-state index < -0.39 is 0 Å². The van der Waals surface area contributed by atoms with Crippen LogP contribution < -0.4 is 5.32 Å². The van der Waals surface area contributed by atoms with Gasteiger partial charge in [0.1, 0.15) is 0 Å². The van der Waals surface area contributed by atoms with Crippen LogP contribution in [0.15, 0.2) is 0 Å². The van der Waals surface area contributed by atoms with Gasteiger partial charge in [-0.15, -0.1) is 0 Å². The summed E-state index contributed by atoms with van der Waals surface area (Å²) in [4.78, 5) is 0. The molecule has 4 unspecified atom stereocenters. The summed E-state index contributed by atoms with van der Waals surface area (Å²) < 4.78 is 0. The lowest BCUT2D eigenvalue weighted by molar-refractivity contribution is 0.152. The molecule has 0 radical (unpaired) electrons. The van der Waals surface area contributed by atoms with Crippen LogP contribution >= 0.6 is 0 Å². The number of aliphatic hydroxyl groups is 1. The Morgan fingerprint density at radius 1 is 1.33 bits per heavy atom. The highest BCUT2D eigenvalue weighted by Crippen LogP contribution is 2.28. The molecule has 0 bridgehead atoms. The van der Waals surface area contributed by atoms with E-state index in [2.05, 4.69) is 19.2 Å². The zero-order valence-electron chi connectivity index (χ0n) is 10.5. The summed E-state index contributed by atoms with van der Waals surface area (Å²) in [6.45, 7) is 7.71. The van der Waals surface area contributed by atoms with Gasteiger partial charge in [0, 0.05) is 6.04 Å². The third-order valence-electron chi connectivity index (χ3n) is 3.79. The second kappa shape index (κ2) is 6.49. The SMILES string of the molecule is CCC(O)CCNC1CCC(C)CC1C. The number of rotatable bonds is 5. The van der Waals surface area contributed by atoms with E-state index in [4.69, 9.17) is 0 Å². The Morgan fingerprint density at radius 3 is 2.67 bits per heavy atom. The first-order valence-electron chi connectivity index (χ1n) is 6.55. The van der Waals surface area contributed by atoms with E-state index in [9.17, 15) is 5.11 Å². The van der Waals surface area contributed by atoms with Gasteiger partial charge in [-0.3, -0.25) is 0 Å².